The molecule has 0 aromatic rings. The zero-order valence-electron chi connectivity index (χ0n) is 8.69. The Hall–Kier alpha value is 0.198. The third-order valence-corrected chi connectivity index (χ3v) is 9.14. The minimum Gasteiger partial charge on any atom is -0.425 e. The van der Waals surface area contributed by atoms with Crippen molar-refractivity contribution in [2.75, 3.05) is 0 Å². The molecule has 1 heterocycles. The summed E-state index contributed by atoms with van der Waals surface area (Å²) in [5.41, 5.74) is 0. The van der Waals surface area contributed by atoms with Crippen LogP contribution in [0.4, 0.5) is 0 Å². The van der Waals surface area contributed by atoms with E-state index in [0.29, 0.717) is 0 Å². The van der Waals surface area contributed by atoms with Crippen molar-refractivity contribution >= 4 is 39.3 Å². The van der Waals surface area contributed by atoms with Gasteiger partial charge in [-0.15, -0.1) is 0 Å². The van der Waals surface area contributed by atoms with Crippen molar-refractivity contribution in [2.45, 2.75) is 26.3 Å². The largest absolute Gasteiger partial charge is 0.425 e. The lowest BCUT2D eigenvalue weighted by molar-refractivity contribution is 0.328. The topological polar surface area (TPSA) is 60.7 Å². The van der Waals surface area contributed by atoms with Gasteiger partial charge < -0.3 is 16.5 Å². The van der Waals surface area contributed by atoms with Crippen molar-refractivity contribution < 1.29 is 16.5 Å². The molecule has 1 aliphatic rings. The van der Waals surface area contributed by atoms with E-state index in [4.69, 9.17) is 21.7 Å². The Morgan fingerprint density at radius 3 is 2.14 bits per heavy atom. The first-order valence-electron chi connectivity index (χ1n) is 4.54. The average molecular weight is 268 g/mol. The summed E-state index contributed by atoms with van der Waals surface area (Å²) in [5, 5.41) is 7.32. The predicted molar refractivity (Wildman–Crippen MR) is 63.5 cm³/mol. The molecule has 1 saturated heterocycles. The Morgan fingerprint density at radius 2 is 1.71 bits per heavy atom. The van der Waals surface area contributed by atoms with Crippen LogP contribution in [0.5, 0.6) is 0 Å². The summed E-state index contributed by atoms with van der Waals surface area (Å²) in [4.78, 5) is 0. The second kappa shape index (κ2) is 11.3. The zero-order valence-corrected chi connectivity index (χ0v) is 14.1. The van der Waals surface area contributed by atoms with E-state index >= 15 is 0 Å². The second-order valence-electron chi connectivity index (χ2n) is 2.54. The maximum atomic E-state index is 7.32. The summed E-state index contributed by atoms with van der Waals surface area (Å²) in [6.07, 6.45) is 1.15. The van der Waals surface area contributed by atoms with Crippen LogP contribution < -0.4 is 0 Å². The van der Waals surface area contributed by atoms with Crippen LogP contribution in [0.2, 0.25) is 6.04 Å². The zero-order chi connectivity index (χ0) is 10.6. The van der Waals surface area contributed by atoms with E-state index in [2.05, 4.69) is 6.92 Å². The summed E-state index contributed by atoms with van der Waals surface area (Å²) < 4.78 is 21.6. The fourth-order valence-corrected chi connectivity index (χ4v) is 9.67. The van der Waals surface area contributed by atoms with Gasteiger partial charge in [0, 0.05) is 6.92 Å². The summed E-state index contributed by atoms with van der Waals surface area (Å²) in [6, 6.07) is 2.86. The highest BCUT2D eigenvalue weighted by Crippen LogP contribution is 2.00. The van der Waals surface area contributed by atoms with Crippen molar-refractivity contribution in [3.8, 4) is 6.07 Å². The molecule has 5 nitrogen and oxygen atoms in total. The van der Waals surface area contributed by atoms with Crippen molar-refractivity contribution in [3.05, 3.63) is 0 Å². The van der Waals surface area contributed by atoms with Crippen molar-refractivity contribution in [2.24, 2.45) is 0 Å². The number of hydrogen-bond acceptors (Lipinski definition) is 5. The molecule has 0 aliphatic carbocycles. The molecule has 0 radical (unpaired) electrons. The Bertz CT molecular complexity index is 158. The average Bonchev–Trinajstić information content (AvgIpc) is 2.11. The molecule has 14 heavy (non-hydrogen) atoms. The van der Waals surface area contributed by atoms with E-state index in [9.17, 15) is 0 Å². The van der Waals surface area contributed by atoms with Crippen molar-refractivity contribution in [1.29, 1.82) is 5.26 Å². The first kappa shape index (κ1) is 14.2. The van der Waals surface area contributed by atoms with Gasteiger partial charge in [-0.1, -0.05) is 13.3 Å². The molecular formula is C5H17NO4Si4. The highest BCUT2D eigenvalue weighted by atomic mass is 28.4. The molecule has 0 spiro atoms. The molecule has 0 atom stereocenters. The predicted octanol–water partition coefficient (Wildman–Crippen LogP) is -1.78. The van der Waals surface area contributed by atoms with Gasteiger partial charge in [0.15, 0.2) is 0 Å². The molecule has 0 unspecified atom stereocenters. The van der Waals surface area contributed by atoms with Crippen LogP contribution in [-0.4, -0.2) is 39.3 Å². The van der Waals surface area contributed by atoms with Gasteiger partial charge in [0.25, 0.3) is 30.0 Å². The quantitative estimate of drug-likeness (QED) is 0.554. The van der Waals surface area contributed by atoms with Gasteiger partial charge in [-0.2, -0.15) is 5.26 Å². The molecular weight excluding hydrogens is 250 g/mol. The molecule has 1 aliphatic heterocycles. The van der Waals surface area contributed by atoms with E-state index in [1.54, 1.807) is 6.07 Å². The lowest BCUT2D eigenvalue weighted by Gasteiger charge is -2.19. The van der Waals surface area contributed by atoms with E-state index in [0.717, 1.165) is 12.5 Å². The third-order valence-electron chi connectivity index (χ3n) is 1.37. The summed E-state index contributed by atoms with van der Waals surface area (Å²) >= 11 is 0. The molecule has 0 saturated carbocycles. The number of rotatable bonds is 2. The Kier molecular flexibility index (Phi) is 11.4. The van der Waals surface area contributed by atoms with Crippen LogP contribution in [-0.2, 0) is 16.5 Å². The Balaban J connectivity index is 0.000000500. The molecule has 0 aromatic heterocycles. The fraction of sp³-hybridized carbons (Fsp3) is 0.800. The summed E-state index contributed by atoms with van der Waals surface area (Å²) in [6.45, 7) is 3.58. The molecule has 0 bridgehead atoms. The Labute approximate surface area is 93.7 Å². The van der Waals surface area contributed by atoms with E-state index in [1.165, 1.54) is 6.92 Å². The number of nitriles is 1. The Morgan fingerprint density at radius 1 is 1.21 bits per heavy atom. The van der Waals surface area contributed by atoms with Gasteiger partial charge in [0.2, 0.25) is 0 Å². The van der Waals surface area contributed by atoms with Gasteiger partial charge in [-0.05, 0) is 6.04 Å². The smallest absolute Gasteiger partial charge is 0.303 e. The standard InChI is InChI=1S/C3H14O4Si4.C2H3N/c1-2-3-11-6-9-4-8-5-10-7-11;1-2-3/h11H,2-3,8-10H2,1H3;1H3. The van der Waals surface area contributed by atoms with Gasteiger partial charge in [0.05, 0.1) is 6.07 Å². The molecule has 1 rings (SSSR count). The number of nitrogens with zero attached hydrogens (tertiary/aromatic N) is 1. The number of hydrogen-bond donors (Lipinski definition) is 0. The molecule has 1 fully saturated rings. The van der Waals surface area contributed by atoms with Crippen LogP contribution >= 0.6 is 0 Å². The lowest BCUT2D eigenvalue weighted by Crippen LogP contribution is -2.32. The molecule has 82 valence electrons. The van der Waals surface area contributed by atoms with E-state index in [-0.39, 0.29) is 0 Å². The third kappa shape index (κ3) is 8.78. The maximum absolute atomic E-state index is 7.32. The second-order valence-corrected chi connectivity index (χ2v) is 10.6. The first-order valence-corrected chi connectivity index (χ1v) is 9.77. The van der Waals surface area contributed by atoms with Crippen molar-refractivity contribution in [1.82, 2.24) is 0 Å². The fourth-order valence-electron chi connectivity index (χ4n) is 0.825. The molecule has 0 N–H and O–H groups in total. The lowest BCUT2D eigenvalue weighted by atomic mass is 10.6. The van der Waals surface area contributed by atoms with Gasteiger partial charge in [-0.25, -0.2) is 0 Å². The maximum Gasteiger partial charge on any atom is 0.303 e. The first-order chi connectivity index (χ1) is 6.85. The van der Waals surface area contributed by atoms with Gasteiger partial charge in [-0.3, -0.25) is 0 Å². The van der Waals surface area contributed by atoms with Gasteiger partial charge >= 0.3 is 9.28 Å². The van der Waals surface area contributed by atoms with E-state index < -0.39 is 39.3 Å². The normalized spacial score (nSPS) is 27.4. The SMILES string of the molecule is CC#N.CCC[SiH]1O[SiH2]O[SiH2]O[SiH2]O1. The summed E-state index contributed by atoms with van der Waals surface area (Å²) in [7, 11) is -3.43. The van der Waals surface area contributed by atoms with Crippen LogP contribution in [0, 0.1) is 11.3 Å². The highest BCUT2D eigenvalue weighted by Gasteiger charge is 2.13. The van der Waals surface area contributed by atoms with Crippen LogP contribution in [0.3, 0.4) is 0 Å². The van der Waals surface area contributed by atoms with Crippen LogP contribution in [0.25, 0.3) is 0 Å². The molecule has 9 heteroatoms. The molecule has 0 aromatic carbocycles. The molecule has 0 amide bonds. The monoisotopic (exact) mass is 267 g/mol. The van der Waals surface area contributed by atoms with Crippen LogP contribution in [0.1, 0.15) is 20.3 Å². The minimum absolute atomic E-state index is 0.689. The van der Waals surface area contributed by atoms with Gasteiger partial charge in [0.1, 0.15) is 0 Å². The van der Waals surface area contributed by atoms with Crippen molar-refractivity contribution in [3.63, 3.8) is 0 Å². The van der Waals surface area contributed by atoms with Crippen LogP contribution in [0.15, 0.2) is 0 Å². The highest BCUT2D eigenvalue weighted by molar-refractivity contribution is 6.59. The summed E-state index contributed by atoms with van der Waals surface area (Å²) in [5.74, 6) is 0. The minimum atomic E-state index is -1.30. The van der Waals surface area contributed by atoms with E-state index in [1.807, 2.05) is 0 Å².